The van der Waals surface area contributed by atoms with E-state index in [-0.39, 0.29) is 0 Å². The maximum atomic E-state index is 5.03. The molecule has 146 valence electrons. The Labute approximate surface area is 172 Å². The molecule has 0 amide bonds. The number of fused-ring (bicyclic) bond motifs is 1. The van der Waals surface area contributed by atoms with Gasteiger partial charge in [0.05, 0.1) is 5.69 Å². The zero-order valence-corrected chi connectivity index (χ0v) is 18.4. The molecule has 0 radical (unpaired) electrons. The van der Waals surface area contributed by atoms with Gasteiger partial charge in [0.2, 0.25) is 0 Å². The molecule has 0 unspecified atom stereocenters. The minimum Gasteiger partial charge on any atom is -0.324 e. The van der Waals surface area contributed by atoms with Crippen molar-refractivity contribution in [3.8, 4) is 0 Å². The van der Waals surface area contributed by atoms with E-state index in [1.807, 2.05) is 11.3 Å². The number of rotatable bonds is 4. The number of benzene rings is 1. The molecule has 0 saturated heterocycles. The van der Waals surface area contributed by atoms with E-state index in [0.29, 0.717) is 0 Å². The number of thiophene rings is 1. The molecule has 4 heteroatoms. The number of hydrogen-bond donors (Lipinski definition) is 0. The highest BCUT2D eigenvalue weighted by Gasteiger charge is 2.29. The third-order valence-electron chi connectivity index (χ3n) is 5.54. The second-order valence-corrected chi connectivity index (χ2v) is 8.73. The number of nitrogens with zero attached hydrogens (tertiary/aromatic N) is 3. The van der Waals surface area contributed by atoms with Crippen LogP contribution in [-0.4, -0.2) is 16.3 Å². The van der Waals surface area contributed by atoms with Gasteiger partial charge in [-0.25, -0.2) is 0 Å². The molecule has 3 aromatic rings. The standard InChI is InChI=1S/C24H29N3S/c1-6-9-19(21-11-8-13-28-21)23-20-10-7-12-27(24(20)25-26(23)5)22-17(3)14-16(2)15-18(22)4/h8-9,11,13-15H,6-7,10,12H2,1-5H3/b19-9+. The Morgan fingerprint density at radius 1 is 1.21 bits per heavy atom. The predicted molar refractivity (Wildman–Crippen MR) is 121 cm³/mol. The van der Waals surface area contributed by atoms with E-state index in [4.69, 9.17) is 5.10 Å². The summed E-state index contributed by atoms with van der Waals surface area (Å²) in [6.45, 7) is 9.86. The third-order valence-corrected chi connectivity index (χ3v) is 6.45. The Bertz CT molecular complexity index is 1000. The predicted octanol–water partition coefficient (Wildman–Crippen LogP) is 6.33. The van der Waals surface area contributed by atoms with E-state index in [0.717, 1.165) is 31.6 Å². The summed E-state index contributed by atoms with van der Waals surface area (Å²) in [6.07, 6.45) is 5.62. The van der Waals surface area contributed by atoms with Gasteiger partial charge in [-0.2, -0.15) is 5.10 Å². The zero-order chi connectivity index (χ0) is 19.8. The van der Waals surface area contributed by atoms with Gasteiger partial charge in [-0.05, 0) is 62.6 Å². The highest BCUT2D eigenvalue weighted by Crippen LogP contribution is 2.41. The molecule has 0 fully saturated rings. The first kappa shape index (κ1) is 19.0. The fourth-order valence-corrected chi connectivity index (χ4v) is 5.39. The third kappa shape index (κ3) is 3.20. The van der Waals surface area contributed by atoms with Crippen LogP contribution in [0.4, 0.5) is 11.5 Å². The van der Waals surface area contributed by atoms with Crippen LogP contribution >= 0.6 is 11.3 Å². The fourth-order valence-electron chi connectivity index (χ4n) is 4.62. The normalized spacial score (nSPS) is 14.5. The molecule has 0 atom stereocenters. The van der Waals surface area contributed by atoms with Crippen molar-refractivity contribution in [1.82, 2.24) is 9.78 Å². The van der Waals surface area contributed by atoms with Gasteiger partial charge >= 0.3 is 0 Å². The Hall–Kier alpha value is -2.33. The summed E-state index contributed by atoms with van der Waals surface area (Å²) in [5.74, 6) is 1.14. The maximum Gasteiger partial charge on any atom is 0.158 e. The number of aryl methyl sites for hydroxylation is 4. The van der Waals surface area contributed by atoms with Crippen LogP contribution in [-0.2, 0) is 13.5 Å². The van der Waals surface area contributed by atoms with Gasteiger partial charge in [0.15, 0.2) is 5.82 Å². The Morgan fingerprint density at radius 2 is 1.96 bits per heavy atom. The zero-order valence-electron chi connectivity index (χ0n) is 17.5. The summed E-state index contributed by atoms with van der Waals surface area (Å²) in [5.41, 5.74) is 9.32. The number of anilines is 2. The van der Waals surface area contributed by atoms with Gasteiger partial charge in [0, 0.05) is 35.3 Å². The van der Waals surface area contributed by atoms with Crippen LogP contribution in [0.5, 0.6) is 0 Å². The van der Waals surface area contributed by atoms with E-state index < -0.39 is 0 Å². The van der Waals surface area contributed by atoms with Gasteiger partial charge in [-0.15, -0.1) is 11.3 Å². The summed E-state index contributed by atoms with van der Waals surface area (Å²) in [5, 5.41) is 7.19. The van der Waals surface area contributed by atoms with Crippen molar-refractivity contribution in [3.63, 3.8) is 0 Å². The number of hydrogen-bond acceptors (Lipinski definition) is 3. The van der Waals surface area contributed by atoms with Crippen LogP contribution in [0.1, 0.15) is 52.6 Å². The minimum absolute atomic E-state index is 1.02. The highest BCUT2D eigenvalue weighted by molar-refractivity contribution is 7.11. The fraction of sp³-hybridized carbons (Fsp3) is 0.375. The molecule has 1 aromatic carbocycles. The second kappa shape index (κ2) is 7.59. The van der Waals surface area contributed by atoms with Crippen molar-refractivity contribution in [2.24, 2.45) is 7.05 Å². The van der Waals surface area contributed by atoms with E-state index in [1.165, 1.54) is 44.1 Å². The van der Waals surface area contributed by atoms with E-state index in [1.54, 1.807) is 0 Å². The average Bonchev–Trinajstić information content (AvgIpc) is 3.27. The first-order valence-electron chi connectivity index (χ1n) is 10.2. The lowest BCUT2D eigenvalue weighted by Gasteiger charge is -2.31. The summed E-state index contributed by atoms with van der Waals surface area (Å²) in [7, 11) is 2.10. The highest BCUT2D eigenvalue weighted by atomic mass is 32.1. The number of aromatic nitrogens is 2. The molecule has 0 N–H and O–H groups in total. The average molecular weight is 392 g/mol. The molecule has 0 bridgehead atoms. The molecule has 0 spiro atoms. The van der Waals surface area contributed by atoms with Crippen molar-refractivity contribution in [3.05, 3.63) is 68.5 Å². The molecule has 28 heavy (non-hydrogen) atoms. The molecule has 3 heterocycles. The first-order valence-corrected chi connectivity index (χ1v) is 11.0. The Kier molecular flexibility index (Phi) is 5.15. The summed E-state index contributed by atoms with van der Waals surface area (Å²) >= 11 is 1.81. The first-order chi connectivity index (χ1) is 13.5. The van der Waals surface area contributed by atoms with Gasteiger partial charge < -0.3 is 4.90 Å². The molecular formula is C24H29N3S. The lowest BCUT2D eigenvalue weighted by molar-refractivity contribution is 0.738. The van der Waals surface area contributed by atoms with Crippen LogP contribution in [0.2, 0.25) is 0 Å². The molecule has 2 aromatic heterocycles. The van der Waals surface area contributed by atoms with E-state index in [9.17, 15) is 0 Å². The van der Waals surface area contributed by atoms with Crippen molar-refractivity contribution in [1.29, 1.82) is 0 Å². The van der Waals surface area contributed by atoms with Gasteiger partial charge in [0.25, 0.3) is 0 Å². The minimum atomic E-state index is 1.02. The van der Waals surface area contributed by atoms with Crippen LogP contribution in [0, 0.1) is 20.8 Å². The van der Waals surface area contributed by atoms with Crippen molar-refractivity contribution < 1.29 is 0 Å². The Morgan fingerprint density at radius 3 is 2.61 bits per heavy atom. The number of allylic oxidation sites excluding steroid dienone is 1. The van der Waals surface area contributed by atoms with Gasteiger partial charge in [0.1, 0.15) is 0 Å². The van der Waals surface area contributed by atoms with E-state index in [2.05, 4.69) is 80.0 Å². The van der Waals surface area contributed by atoms with Gasteiger partial charge in [-0.3, -0.25) is 4.68 Å². The Balaban J connectivity index is 1.87. The van der Waals surface area contributed by atoms with Crippen molar-refractivity contribution in [2.75, 3.05) is 11.4 Å². The molecule has 0 aliphatic carbocycles. The van der Waals surface area contributed by atoms with E-state index >= 15 is 0 Å². The second-order valence-electron chi connectivity index (χ2n) is 7.78. The van der Waals surface area contributed by atoms with Crippen LogP contribution in [0.25, 0.3) is 5.57 Å². The smallest absolute Gasteiger partial charge is 0.158 e. The molecule has 4 rings (SSSR count). The van der Waals surface area contributed by atoms with Crippen LogP contribution in [0.3, 0.4) is 0 Å². The summed E-state index contributed by atoms with van der Waals surface area (Å²) in [6, 6.07) is 8.93. The molecule has 1 aliphatic heterocycles. The van der Waals surface area contributed by atoms with Crippen molar-refractivity contribution in [2.45, 2.75) is 47.0 Å². The quantitative estimate of drug-likeness (QED) is 0.518. The summed E-state index contributed by atoms with van der Waals surface area (Å²) in [4.78, 5) is 3.78. The topological polar surface area (TPSA) is 21.1 Å². The molecule has 0 saturated carbocycles. The maximum absolute atomic E-state index is 5.03. The molecule has 3 nitrogen and oxygen atoms in total. The SMILES string of the molecule is CC/C=C(\c1cccs1)c1c2c(nn1C)N(c1c(C)cc(C)cc1C)CCC2. The molecule has 1 aliphatic rings. The van der Waals surface area contributed by atoms with Gasteiger partial charge in [-0.1, -0.05) is 36.8 Å². The van der Waals surface area contributed by atoms with Crippen LogP contribution < -0.4 is 4.90 Å². The summed E-state index contributed by atoms with van der Waals surface area (Å²) < 4.78 is 2.10. The molecular weight excluding hydrogens is 362 g/mol. The lowest BCUT2D eigenvalue weighted by Crippen LogP contribution is -2.26. The van der Waals surface area contributed by atoms with Crippen molar-refractivity contribution >= 4 is 28.4 Å². The lowest BCUT2D eigenvalue weighted by atomic mass is 9.96. The largest absolute Gasteiger partial charge is 0.324 e. The monoisotopic (exact) mass is 391 g/mol. The van der Waals surface area contributed by atoms with Crippen LogP contribution in [0.15, 0.2) is 35.7 Å².